The highest BCUT2D eigenvalue weighted by Gasteiger charge is 2.31. The molecule has 0 atom stereocenters. The number of aryl methyl sites for hydroxylation is 1. The number of carbonyl (C=O) groups excluding carboxylic acids is 2. The monoisotopic (exact) mass is 592 g/mol. The zero-order valence-electron chi connectivity index (χ0n) is 24.3. The molecule has 7 nitrogen and oxygen atoms in total. The quantitative estimate of drug-likeness (QED) is 0.224. The minimum Gasteiger partial charge on any atom is -0.454 e. The number of halogens is 3. The van der Waals surface area contributed by atoms with Gasteiger partial charge in [-0.2, -0.15) is 13.2 Å². The van der Waals surface area contributed by atoms with Crippen molar-refractivity contribution in [2.75, 3.05) is 37.6 Å². The Balaban J connectivity index is 1.20. The topological polar surface area (TPSA) is 61.9 Å². The maximum Gasteiger partial charge on any atom is 0.416 e. The van der Waals surface area contributed by atoms with Gasteiger partial charge in [0, 0.05) is 55.9 Å². The molecule has 1 fully saturated rings. The van der Waals surface area contributed by atoms with E-state index in [4.69, 9.17) is 4.42 Å². The highest BCUT2D eigenvalue weighted by atomic mass is 19.4. The summed E-state index contributed by atoms with van der Waals surface area (Å²) in [4.78, 5) is 31.9. The summed E-state index contributed by atoms with van der Waals surface area (Å²) >= 11 is 0. The Morgan fingerprint density at radius 2 is 1.70 bits per heavy atom. The van der Waals surface area contributed by atoms with Crippen LogP contribution in [-0.2, 0) is 19.3 Å². The minimum atomic E-state index is -4.40. The molecular formula is C33H35F3N4O3. The number of furan rings is 1. The van der Waals surface area contributed by atoms with Crippen molar-refractivity contribution in [2.45, 2.75) is 39.5 Å². The third-order valence-electron chi connectivity index (χ3n) is 7.74. The lowest BCUT2D eigenvalue weighted by molar-refractivity contribution is -0.137. The molecule has 0 bridgehead atoms. The molecule has 0 radical (unpaired) electrons. The molecule has 4 aromatic rings. The first-order chi connectivity index (χ1) is 20.6. The van der Waals surface area contributed by atoms with Crippen molar-refractivity contribution in [1.82, 2.24) is 14.4 Å². The van der Waals surface area contributed by atoms with Crippen LogP contribution in [0.15, 0.2) is 83.4 Å². The smallest absolute Gasteiger partial charge is 0.416 e. The molecule has 0 saturated carbocycles. The van der Waals surface area contributed by atoms with Crippen molar-refractivity contribution in [2.24, 2.45) is 0 Å². The number of carbonyl (C=O) groups is 2. The second kappa shape index (κ2) is 12.8. The molecule has 2 aromatic heterocycles. The molecule has 0 aliphatic carbocycles. The fourth-order valence-corrected chi connectivity index (χ4v) is 5.40. The summed E-state index contributed by atoms with van der Waals surface area (Å²) in [6.45, 7) is 7.03. The number of nitrogens with zero attached hydrogens (tertiary/aromatic N) is 4. The first kappa shape index (κ1) is 30.0. The summed E-state index contributed by atoms with van der Waals surface area (Å²) in [6, 6.07) is 20.2. The van der Waals surface area contributed by atoms with Crippen LogP contribution in [0.1, 0.15) is 56.8 Å². The van der Waals surface area contributed by atoms with Crippen LogP contribution in [0.25, 0.3) is 0 Å². The van der Waals surface area contributed by atoms with Crippen molar-refractivity contribution < 1.29 is 27.2 Å². The van der Waals surface area contributed by atoms with Gasteiger partial charge in [-0.3, -0.25) is 9.59 Å². The number of piperazine rings is 1. The molecule has 1 aliphatic heterocycles. The number of rotatable bonds is 9. The van der Waals surface area contributed by atoms with E-state index in [-0.39, 0.29) is 17.6 Å². The molecule has 0 spiro atoms. The van der Waals surface area contributed by atoms with Crippen molar-refractivity contribution in [1.29, 1.82) is 0 Å². The van der Waals surface area contributed by atoms with E-state index in [1.165, 1.54) is 6.07 Å². The van der Waals surface area contributed by atoms with Crippen LogP contribution in [0.4, 0.5) is 18.9 Å². The van der Waals surface area contributed by atoms with E-state index in [0.717, 1.165) is 29.8 Å². The van der Waals surface area contributed by atoms with Gasteiger partial charge in [-0.25, -0.2) is 0 Å². The molecule has 3 heterocycles. The average molecular weight is 593 g/mol. The Morgan fingerprint density at radius 1 is 0.930 bits per heavy atom. The third-order valence-corrected chi connectivity index (χ3v) is 7.74. The lowest BCUT2D eigenvalue weighted by atomic mass is 10.1. The van der Waals surface area contributed by atoms with E-state index in [1.54, 1.807) is 23.1 Å². The molecule has 1 saturated heterocycles. The average Bonchev–Trinajstić information content (AvgIpc) is 3.66. The fraction of sp³-hybridized carbons (Fsp3) is 0.333. The van der Waals surface area contributed by atoms with Crippen LogP contribution in [0.2, 0.25) is 0 Å². The molecule has 0 N–H and O–H groups in total. The number of hydrogen-bond donors (Lipinski definition) is 0. The van der Waals surface area contributed by atoms with E-state index in [2.05, 4.69) is 0 Å². The zero-order chi connectivity index (χ0) is 30.6. The van der Waals surface area contributed by atoms with Gasteiger partial charge in [0.2, 0.25) is 0 Å². The van der Waals surface area contributed by atoms with Gasteiger partial charge >= 0.3 is 6.18 Å². The van der Waals surface area contributed by atoms with E-state index in [9.17, 15) is 22.8 Å². The highest BCUT2D eigenvalue weighted by Crippen LogP contribution is 2.32. The number of hydrogen-bond acceptors (Lipinski definition) is 4. The van der Waals surface area contributed by atoms with E-state index in [1.807, 2.05) is 70.8 Å². The second-order valence-electron chi connectivity index (χ2n) is 10.8. The van der Waals surface area contributed by atoms with Gasteiger partial charge in [-0.1, -0.05) is 31.2 Å². The third kappa shape index (κ3) is 6.96. The van der Waals surface area contributed by atoms with Gasteiger partial charge in [-0.15, -0.1) is 0 Å². The number of amides is 2. The number of alkyl halides is 3. The minimum absolute atomic E-state index is 0.00765. The van der Waals surface area contributed by atoms with Gasteiger partial charge in [0.1, 0.15) is 5.76 Å². The lowest BCUT2D eigenvalue weighted by Gasteiger charge is -2.36. The SMILES string of the molecule is CCCN(Cc1cccn1Cc1ccc(C(=O)N2CCN(c3cccc(C(F)(F)F)c3)CC2)o1)C(=O)c1ccccc1C. The van der Waals surface area contributed by atoms with Gasteiger partial charge in [0.05, 0.1) is 18.7 Å². The van der Waals surface area contributed by atoms with Crippen LogP contribution in [0.5, 0.6) is 0 Å². The first-order valence-electron chi connectivity index (χ1n) is 14.4. The summed E-state index contributed by atoms with van der Waals surface area (Å²) in [7, 11) is 0. The molecule has 0 unspecified atom stereocenters. The molecule has 1 aliphatic rings. The Morgan fingerprint density at radius 3 is 2.42 bits per heavy atom. The number of aromatic nitrogens is 1. The fourth-order valence-electron chi connectivity index (χ4n) is 5.40. The summed E-state index contributed by atoms with van der Waals surface area (Å²) in [5.74, 6) is 0.571. The Hall–Kier alpha value is -4.47. The van der Waals surface area contributed by atoms with Crippen molar-refractivity contribution in [3.63, 3.8) is 0 Å². The van der Waals surface area contributed by atoms with Crippen LogP contribution in [0, 0.1) is 6.92 Å². The van der Waals surface area contributed by atoms with Crippen molar-refractivity contribution in [3.8, 4) is 0 Å². The molecule has 43 heavy (non-hydrogen) atoms. The summed E-state index contributed by atoms with van der Waals surface area (Å²) in [5, 5.41) is 0. The largest absolute Gasteiger partial charge is 0.454 e. The number of anilines is 1. The highest BCUT2D eigenvalue weighted by molar-refractivity contribution is 5.95. The van der Waals surface area contributed by atoms with Gasteiger partial charge in [0.25, 0.3) is 11.8 Å². The Kier molecular flexibility index (Phi) is 8.94. The molecular weight excluding hydrogens is 557 g/mol. The van der Waals surface area contributed by atoms with Crippen LogP contribution >= 0.6 is 0 Å². The van der Waals surface area contributed by atoms with Crippen LogP contribution in [0.3, 0.4) is 0 Å². The molecule has 10 heteroatoms. The maximum atomic E-state index is 13.3. The Bertz CT molecular complexity index is 1570. The summed E-state index contributed by atoms with van der Waals surface area (Å²) < 4.78 is 47.3. The predicted octanol–water partition coefficient (Wildman–Crippen LogP) is 6.47. The summed E-state index contributed by atoms with van der Waals surface area (Å²) in [6.07, 6.45) is -1.65. The van der Waals surface area contributed by atoms with Gasteiger partial charge < -0.3 is 23.7 Å². The van der Waals surface area contributed by atoms with E-state index in [0.29, 0.717) is 62.8 Å². The lowest BCUT2D eigenvalue weighted by Crippen LogP contribution is -2.48. The maximum absolute atomic E-state index is 13.3. The zero-order valence-corrected chi connectivity index (χ0v) is 24.3. The van der Waals surface area contributed by atoms with Crippen molar-refractivity contribution in [3.05, 3.63) is 113 Å². The molecule has 2 amide bonds. The molecule has 5 rings (SSSR count). The Labute approximate surface area is 249 Å². The normalized spacial score (nSPS) is 13.8. The van der Waals surface area contributed by atoms with E-state index < -0.39 is 11.7 Å². The molecule has 226 valence electrons. The van der Waals surface area contributed by atoms with Crippen molar-refractivity contribution >= 4 is 17.5 Å². The van der Waals surface area contributed by atoms with E-state index >= 15 is 0 Å². The van der Waals surface area contributed by atoms with Crippen LogP contribution in [-0.4, -0.2) is 58.9 Å². The second-order valence-corrected chi connectivity index (χ2v) is 10.8. The standard InChI is InChI=1S/C33H35F3N4O3/c1-3-15-40(31(41)29-12-5-4-8-24(29)2)22-27-11-7-16-39(27)23-28-13-14-30(43-28)32(42)38-19-17-37(18-20-38)26-10-6-9-25(21-26)33(34,35)36/h4-14,16,21H,3,15,17-20,22-23H2,1-2H3. The summed E-state index contributed by atoms with van der Waals surface area (Å²) in [5.41, 5.74) is 2.38. The van der Waals surface area contributed by atoms with Gasteiger partial charge in [0.15, 0.2) is 5.76 Å². The first-order valence-corrected chi connectivity index (χ1v) is 14.4. The number of benzene rings is 2. The predicted molar refractivity (Wildman–Crippen MR) is 158 cm³/mol. The van der Waals surface area contributed by atoms with Gasteiger partial charge in [-0.05, 0) is 67.4 Å². The van der Waals surface area contributed by atoms with Crippen LogP contribution < -0.4 is 4.90 Å². The molecule has 2 aromatic carbocycles.